The van der Waals surface area contributed by atoms with E-state index in [9.17, 15) is 8.78 Å². The van der Waals surface area contributed by atoms with Gasteiger partial charge in [0, 0.05) is 5.56 Å². The van der Waals surface area contributed by atoms with Gasteiger partial charge in [-0.25, -0.2) is 0 Å². The third-order valence-corrected chi connectivity index (χ3v) is 2.25. The van der Waals surface area contributed by atoms with Crippen LogP contribution < -0.4 is 4.74 Å². The minimum Gasteiger partial charge on any atom is -0.459 e. The Hall–Kier alpha value is -2.16. The zero-order valence-electron chi connectivity index (χ0n) is 8.94. The largest absolute Gasteiger partial charge is 0.459 e. The van der Waals surface area contributed by atoms with Gasteiger partial charge in [-0.1, -0.05) is 48.5 Å². The maximum Gasteiger partial charge on any atom is 0.305 e. The van der Waals surface area contributed by atoms with Crippen molar-refractivity contribution in [3.05, 3.63) is 66.9 Å². The zero-order chi connectivity index (χ0) is 12.1. The van der Waals surface area contributed by atoms with Crippen LogP contribution >= 0.6 is 0 Å². The molecule has 0 bridgehead atoms. The highest BCUT2D eigenvalue weighted by Gasteiger charge is 2.04. The second-order valence-corrected chi connectivity index (χ2v) is 3.39. The van der Waals surface area contributed by atoms with Crippen molar-refractivity contribution in [1.29, 1.82) is 0 Å². The lowest BCUT2D eigenvalue weighted by Gasteiger charge is -2.07. The summed E-state index contributed by atoms with van der Waals surface area (Å²) in [6.45, 7) is 0. The first-order valence-electron chi connectivity index (χ1n) is 5.09. The smallest absolute Gasteiger partial charge is 0.305 e. The molecule has 0 atom stereocenters. The molecule has 0 aromatic heterocycles. The van der Waals surface area contributed by atoms with E-state index >= 15 is 0 Å². The predicted molar refractivity (Wildman–Crippen MR) is 62.8 cm³/mol. The second kappa shape index (κ2) is 5.25. The van der Waals surface area contributed by atoms with Gasteiger partial charge < -0.3 is 4.74 Å². The second-order valence-electron chi connectivity index (χ2n) is 3.39. The zero-order valence-corrected chi connectivity index (χ0v) is 8.94. The maximum atomic E-state index is 12.0. The van der Waals surface area contributed by atoms with Crippen LogP contribution in [0.2, 0.25) is 0 Å². The van der Waals surface area contributed by atoms with E-state index in [4.69, 9.17) is 4.74 Å². The summed E-state index contributed by atoms with van der Waals surface area (Å²) in [6, 6.07) is 16.5. The molecule has 17 heavy (non-hydrogen) atoms. The SMILES string of the molecule is FC(F)=COc1ccccc1-c1ccccc1. The molecule has 0 unspecified atom stereocenters. The quantitative estimate of drug-likeness (QED) is 0.709. The van der Waals surface area contributed by atoms with E-state index < -0.39 is 6.08 Å². The van der Waals surface area contributed by atoms with E-state index in [-0.39, 0.29) is 0 Å². The highest BCUT2D eigenvalue weighted by molar-refractivity contribution is 5.70. The fourth-order valence-electron chi connectivity index (χ4n) is 1.53. The third-order valence-electron chi connectivity index (χ3n) is 2.25. The highest BCUT2D eigenvalue weighted by atomic mass is 19.3. The van der Waals surface area contributed by atoms with Gasteiger partial charge >= 0.3 is 6.08 Å². The molecule has 0 fully saturated rings. The Morgan fingerprint density at radius 1 is 0.882 bits per heavy atom. The summed E-state index contributed by atoms with van der Waals surface area (Å²) in [4.78, 5) is 0. The van der Waals surface area contributed by atoms with Gasteiger partial charge in [0.05, 0.1) is 0 Å². The summed E-state index contributed by atoms with van der Waals surface area (Å²) in [7, 11) is 0. The van der Waals surface area contributed by atoms with E-state index in [1.807, 2.05) is 42.5 Å². The van der Waals surface area contributed by atoms with Crippen molar-refractivity contribution < 1.29 is 13.5 Å². The van der Waals surface area contributed by atoms with Crippen molar-refractivity contribution in [2.24, 2.45) is 0 Å². The Morgan fingerprint density at radius 3 is 2.24 bits per heavy atom. The number of rotatable bonds is 3. The van der Waals surface area contributed by atoms with Crippen molar-refractivity contribution in [1.82, 2.24) is 0 Å². The molecule has 0 radical (unpaired) electrons. The van der Waals surface area contributed by atoms with E-state index in [1.165, 1.54) is 0 Å². The van der Waals surface area contributed by atoms with Crippen molar-refractivity contribution in [3.63, 3.8) is 0 Å². The predicted octanol–water partition coefficient (Wildman–Crippen LogP) is 4.47. The van der Waals surface area contributed by atoms with Crippen LogP contribution in [-0.4, -0.2) is 0 Å². The molecule has 0 aliphatic heterocycles. The molecule has 0 heterocycles. The monoisotopic (exact) mass is 232 g/mol. The lowest BCUT2D eigenvalue weighted by Crippen LogP contribution is -1.87. The van der Waals surface area contributed by atoms with Crippen molar-refractivity contribution in [3.8, 4) is 16.9 Å². The normalized spacial score (nSPS) is 9.76. The number of halogens is 2. The molecule has 1 nitrogen and oxygen atoms in total. The molecule has 3 heteroatoms. The minimum absolute atomic E-state index is 0.409. The van der Waals surface area contributed by atoms with Crippen LogP contribution in [0.25, 0.3) is 11.1 Å². The summed E-state index contributed by atoms with van der Waals surface area (Å²) in [6.07, 6.45) is -1.41. The molecule has 0 aliphatic rings. The molecule has 0 amide bonds. The van der Waals surface area contributed by atoms with E-state index in [0.29, 0.717) is 12.0 Å². The van der Waals surface area contributed by atoms with Gasteiger partial charge in [-0.05, 0) is 11.6 Å². The van der Waals surface area contributed by atoms with Crippen LogP contribution in [0.1, 0.15) is 0 Å². The molecular weight excluding hydrogens is 222 g/mol. The average molecular weight is 232 g/mol. The van der Waals surface area contributed by atoms with Crippen LogP contribution in [0.15, 0.2) is 66.9 Å². The topological polar surface area (TPSA) is 9.23 Å². The summed E-state index contributed by atoms with van der Waals surface area (Å²) in [5.74, 6) is 0.409. The molecule has 0 saturated carbocycles. The molecule has 0 spiro atoms. The molecule has 2 rings (SSSR count). The van der Waals surface area contributed by atoms with Crippen molar-refractivity contribution >= 4 is 0 Å². The standard InChI is InChI=1S/C14H10F2O/c15-14(16)10-17-13-9-5-4-8-12(13)11-6-2-1-3-7-11/h1-10H. The molecule has 0 N–H and O–H groups in total. The van der Waals surface area contributed by atoms with E-state index in [2.05, 4.69) is 0 Å². The Bertz CT molecular complexity index is 517. The molecule has 2 aromatic rings. The Labute approximate surface area is 98.0 Å². The first-order chi connectivity index (χ1) is 8.27. The lowest BCUT2D eigenvalue weighted by atomic mass is 10.1. The fraction of sp³-hybridized carbons (Fsp3) is 0. The number of ether oxygens (including phenoxy) is 1. The van der Waals surface area contributed by atoms with E-state index in [0.717, 1.165) is 11.1 Å². The van der Waals surface area contributed by atoms with Crippen LogP contribution in [-0.2, 0) is 0 Å². The lowest BCUT2D eigenvalue weighted by molar-refractivity contribution is 0.365. The van der Waals surface area contributed by atoms with Crippen LogP contribution in [0.5, 0.6) is 5.75 Å². The minimum atomic E-state index is -1.85. The fourth-order valence-corrected chi connectivity index (χ4v) is 1.53. The number of hydrogen-bond donors (Lipinski definition) is 0. The average Bonchev–Trinajstić information content (AvgIpc) is 2.38. The highest BCUT2D eigenvalue weighted by Crippen LogP contribution is 2.29. The first-order valence-corrected chi connectivity index (χ1v) is 5.09. The number of benzene rings is 2. The molecule has 0 aliphatic carbocycles. The summed E-state index contributed by atoms with van der Waals surface area (Å²) < 4.78 is 28.9. The molecule has 2 aromatic carbocycles. The van der Waals surface area contributed by atoms with Gasteiger partial charge in [0.15, 0.2) is 6.26 Å². The first kappa shape index (κ1) is 11.3. The van der Waals surface area contributed by atoms with Crippen molar-refractivity contribution in [2.45, 2.75) is 0 Å². The Kier molecular flexibility index (Phi) is 3.50. The van der Waals surface area contributed by atoms with Gasteiger partial charge in [0.25, 0.3) is 0 Å². The van der Waals surface area contributed by atoms with Crippen LogP contribution in [0.3, 0.4) is 0 Å². The maximum absolute atomic E-state index is 12.0. The van der Waals surface area contributed by atoms with Gasteiger partial charge in [-0.2, -0.15) is 8.78 Å². The van der Waals surface area contributed by atoms with Gasteiger partial charge in [0.1, 0.15) is 5.75 Å². The van der Waals surface area contributed by atoms with E-state index in [1.54, 1.807) is 12.1 Å². The number of para-hydroxylation sites is 1. The molecule has 0 saturated heterocycles. The molecular formula is C14H10F2O. The Morgan fingerprint density at radius 2 is 1.53 bits per heavy atom. The van der Waals surface area contributed by atoms with Gasteiger partial charge in [0.2, 0.25) is 0 Å². The van der Waals surface area contributed by atoms with Crippen molar-refractivity contribution in [2.75, 3.05) is 0 Å². The van der Waals surface area contributed by atoms with Crippen LogP contribution in [0.4, 0.5) is 8.78 Å². The summed E-state index contributed by atoms with van der Waals surface area (Å²) >= 11 is 0. The summed E-state index contributed by atoms with van der Waals surface area (Å²) in [5, 5.41) is 0. The third kappa shape index (κ3) is 2.91. The Balaban J connectivity index is 2.38. The summed E-state index contributed by atoms with van der Waals surface area (Å²) in [5.41, 5.74) is 1.71. The van der Waals surface area contributed by atoms with Gasteiger partial charge in [-0.15, -0.1) is 0 Å². The molecule has 86 valence electrons. The van der Waals surface area contributed by atoms with Crippen LogP contribution in [0, 0.1) is 0 Å². The number of hydrogen-bond acceptors (Lipinski definition) is 1. The van der Waals surface area contributed by atoms with Gasteiger partial charge in [-0.3, -0.25) is 0 Å².